The molecule has 0 aliphatic heterocycles. The van der Waals surface area contributed by atoms with E-state index in [-0.39, 0.29) is 0 Å². The topological polar surface area (TPSA) is 38.0 Å². The van der Waals surface area contributed by atoms with Crippen molar-refractivity contribution in [1.29, 1.82) is 0 Å². The van der Waals surface area contributed by atoms with Gasteiger partial charge in [0.05, 0.1) is 0 Å². The van der Waals surface area contributed by atoms with Gasteiger partial charge in [-0.3, -0.25) is 3.53 Å². The van der Waals surface area contributed by atoms with E-state index in [0.717, 1.165) is 0 Å². The van der Waals surface area contributed by atoms with Crippen molar-refractivity contribution in [3.63, 3.8) is 0 Å². The molecule has 2 atom stereocenters. The lowest BCUT2D eigenvalue weighted by atomic mass is 9.92. The summed E-state index contributed by atoms with van der Waals surface area (Å²) >= 11 is 2.19. The third-order valence-corrected chi connectivity index (χ3v) is 2.76. The lowest BCUT2D eigenvalue weighted by Crippen LogP contribution is -2.43. The Morgan fingerprint density at radius 3 is 2.44 bits per heavy atom. The van der Waals surface area contributed by atoms with E-state index in [1.807, 2.05) is 0 Å². The molecular formula is C6H13IN2. The molecule has 1 aliphatic rings. The highest BCUT2D eigenvalue weighted by Crippen LogP contribution is 2.17. The molecule has 2 nitrogen and oxygen atoms in total. The van der Waals surface area contributed by atoms with Gasteiger partial charge in [0, 0.05) is 34.9 Å². The lowest BCUT2D eigenvalue weighted by Gasteiger charge is -2.26. The monoisotopic (exact) mass is 240 g/mol. The van der Waals surface area contributed by atoms with Gasteiger partial charge < -0.3 is 5.73 Å². The highest BCUT2D eigenvalue weighted by molar-refractivity contribution is 14.1. The summed E-state index contributed by atoms with van der Waals surface area (Å²) in [7, 11) is 0. The molecule has 0 bridgehead atoms. The summed E-state index contributed by atoms with van der Waals surface area (Å²) < 4.78 is 3.20. The first-order valence-corrected chi connectivity index (χ1v) is 4.54. The molecule has 54 valence electrons. The van der Waals surface area contributed by atoms with Crippen molar-refractivity contribution in [1.82, 2.24) is 3.53 Å². The van der Waals surface area contributed by atoms with E-state index in [2.05, 4.69) is 26.4 Å². The quantitative estimate of drug-likeness (QED) is 0.533. The molecule has 1 rings (SSSR count). The van der Waals surface area contributed by atoms with E-state index in [4.69, 9.17) is 5.73 Å². The van der Waals surface area contributed by atoms with Crippen molar-refractivity contribution in [3.05, 3.63) is 0 Å². The predicted octanol–water partition coefficient (Wildman–Crippen LogP) is 1.20. The molecule has 3 heteroatoms. The van der Waals surface area contributed by atoms with E-state index in [1.165, 1.54) is 25.7 Å². The van der Waals surface area contributed by atoms with Crippen LogP contribution in [0.5, 0.6) is 0 Å². The van der Waals surface area contributed by atoms with Crippen molar-refractivity contribution in [2.75, 3.05) is 0 Å². The summed E-state index contributed by atoms with van der Waals surface area (Å²) in [5.41, 5.74) is 5.82. The molecule has 0 unspecified atom stereocenters. The second-order valence-electron chi connectivity index (χ2n) is 2.66. The Morgan fingerprint density at radius 2 is 2.00 bits per heavy atom. The van der Waals surface area contributed by atoms with Crippen LogP contribution in [0.1, 0.15) is 25.7 Å². The molecule has 0 aromatic rings. The van der Waals surface area contributed by atoms with Crippen LogP contribution in [-0.4, -0.2) is 12.1 Å². The average Bonchev–Trinajstić information content (AvgIpc) is 1.89. The Morgan fingerprint density at radius 1 is 1.33 bits per heavy atom. The number of hydrogen-bond donors (Lipinski definition) is 2. The molecule has 0 aromatic heterocycles. The molecule has 3 N–H and O–H groups in total. The van der Waals surface area contributed by atoms with Crippen LogP contribution >= 0.6 is 22.9 Å². The largest absolute Gasteiger partial charge is 0.326 e. The minimum absolute atomic E-state index is 0.399. The third kappa shape index (κ3) is 2.05. The van der Waals surface area contributed by atoms with Gasteiger partial charge in [-0.2, -0.15) is 0 Å². The van der Waals surface area contributed by atoms with Crippen molar-refractivity contribution in [2.24, 2.45) is 5.73 Å². The van der Waals surface area contributed by atoms with E-state index >= 15 is 0 Å². The van der Waals surface area contributed by atoms with Crippen LogP contribution in [-0.2, 0) is 0 Å². The normalized spacial score (nSPS) is 36.7. The molecular weight excluding hydrogens is 227 g/mol. The summed E-state index contributed by atoms with van der Waals surface area (Å²) in [5, 5.41) is 0. The highest BCUT2D eigenvalue weighted by Gasteiger charge is 2.19. The second kappa shape index (κ2) is 3.73. The van der Waals surface area contributed by atoms with Crippen LogP contribution in [0, 0.1) is 0 Å². The molecule has 0 amide bonds. The van der Waals surface area contributed by atoms with E-state index in [1.54, 1.807) is 0 Å². The van der Waals surface area contributed by atoms with Gasteiger partial charge in [0.15, 0.2) is 0 Å². The van der Waals surface area contributed by atoms with Gasteiger partial charge in [-0.1, -0.05) is 12.8 Å². The standard InChI is InChI=1S/C6H13IN2/c7-9-6-4-2-1-3-5(6)8/h5-6,9H,1-4,8H2/t5-,6+/m1/s1. The molecule has 0 aromatic carbocycles. The van der Waals surface area contributed by atoms with Crippen molar-refractivity contribution in [3.8, 4) is 0 Å². The van der Waals surface area contributed by atoms with E-state index in [9.17, 15) is 0 Å². The van der Waals surface area contributed by atoms with Gasteiger partial charge in [-0.25, -0.2) is 0 Å². The van der Waals surface area contributed by atoms with E-state index in [0.29, 0.717) is 12.1 Å². The fourth-order valence-corrected chi connectivity index (χ4v) is 2.07. The maximum absolute atomic E-state index is 5.82. The smallest absolute Gasteiger partial charge is 0.0314 e. The number of halogens is 1. The van der Waals surface area contributed by atoms with Crippen LogP contribution < -0.4 is 9.26 Å². The molecule has 1 fully saturated rings. The maximum atomic E-state index is 5.82. The Balaban J connectivity index is 2.30. The first kappa shape index (κ1) is 7.75. The van der Waals surface area contributed by atoms with Gasteiger partial charge >= 0.3 is 0 Å². The zero-order valence-corrected chi connectivity index (χ0v) is 7.60. The first-order valence-electron chi connectivity index (χ1n) is 3.46. The molecule has 0 spiro atoms. The number of nitrogens with two attached hydrogens (primary N) is 1. The van der Waals surface area contributed by atoms with Crippen LogP contribution in [0.2, 0.25) is 0 Å². The van der Waals surface area contributed by atoms with E-state index < -0.39 is 0 Å². The van der Waals surface area contributed by atoms with Crippen LogP contribution in [0.25, 0.3) is 0 Å². The van der Waals surface area contributed by atoms with Crippen molar-refractivity contribution < 1.29 is 0 Å². The summed E-state index contributed by atoms with van der Waals surface area (Å²) in [6.45, 7) is 0. The minimum atomic E-state index is 0.399. The van der Waals surface area contributed by atoms with Gasteiger partial charge in [-0.15, -0.1) is 0 Å². The third-order valence-electron chi connectivity index (χ3n) is 1.96. The maximum Gasteiger partial charge on any atom is 0.0314 e. The number of rotatable bonds is 1. The molecule has 0 radical (unpaired) electrons. The molecule has 1 aliphatic carbocycles. The zero-order valence-electron chi connectivity index (χ0n) is 5.44. The van der Waals surface area contributed by atoms with Gasteiger partial charge in [0.25, 0.3) is 0 Å². The van der Waals surface area contributed by atoms with Gasteiger partial charge in [0.2, 0.25) is 0 Å². The molecule has 1 saturated carbocycles. The number of nitrogens with one attached hydrogen (secondary N) is 1. The Hall–Kier alpha value is 0.650. The summed E-state index contributed by atoms with van der Waals surface area (Å²) in [5.74, 6) is 0. The molecule has 9 heavy (non-hydrogen) atoms. The predicted molar refractivity (Wildman–Crippen MR) is 47.4 cm³/mol. The van der Waals surface area contributed by atoms with Crippen molar-refractivity contribution >= 4 is 22.9 Å². The average molecular weight is 240 g/mol. The first-order chi connectivity index (χ1) is 4.34. The number of hydrogen-bond acceptors (Lipinski definition) is 2. The zero-order chi connectivity index (χ0) is 6.69. The lowest BCUT2D eigenvalue weighted by molar-refractivity contribution is 0.374. The van der Waals surface area contributed by atoms with Crippen LogP contribution in [0.15, 0.2) is 0 Å². The summed E-state index contributed by atoms with van der Waals surface area (Å²) in [4.78, 5) is 0. The fourth-order valence-electron chi connectivity index (χ4n) is 1.30. The van der Waals surface area contributed by atoms with Crippen molar-refractivity contribution in [2.45, 2.75) is 37.8 Å². The summed E-state index contributed by atoms with van der Waals surface area (Å²) in [6, 6.07) is 0.968. The van der Waals surface area contributed by atoms with Gasteiger partial charge in [0.1, 0.15) is 0 Å². The molecule has 0 heterocycles. The van der Waals surface area contributed by atoms with Crippen LogP contribution in [0.4, 0.5) is 0 Å². The SMILES string of the molecule is N[C@@H]1CCCC[C@@H]1NI. The highest BCUT2D eigenvalue weighted by atomic mass is 127. The summed E-state index contributed by atoms with van der Waals surface area (Å²) in [6.07, 6.45) is 5.11. The van der Waals surface area contributed by atoms with Crippen LogP contribution in [0.3, 0.4) is 0 Å². The Kier molecular flexibility index (Phi) is 3.21. The molecule has 0 saturated heterocycles. The Labute approximate surface area is 70.1 Å². The minimum Gasteiger partial charge on any atom is -0.326 e. The second-order valence-corrected chi connectivity index (χ2v) is 3.29. The Bertz CT molecular complexity index is 87.1. The van der Waals surface area contributed by atoms with Gasteiger partial charge in [-0.05, 0) is 12.8 Å². The fraction of sp³-hybridized carbons (Fsp3) is 1.00.